The van der Waals surface area contributed by atoms with Crippen molar-refractivity contribution >= 4 is 21.6 Å². The second kappa shape index (κ2) is 7.49. The molecular formula is C18H22N2O3S. The van der Waals surface area contributed by atoms with Crippen LogP contribution in [0, 0.1) is 13.8 Å². The number of hydrogen-bond donors (Lipinski definition) is 1. The lowest BCUT2D eigenvalue weighted by Crippen LogP contribution is -2.40. The van der Waals surface area contributed by atoms with Gasteiger partial charge in [-0.25, -0.2) is 8.42 Å². The Morgan fingerprint density at radius 2 is 1.46 bits per heavy atom. The molecule has 0 fully saturated rings. The van der Waals surface area contributed by atoms with Crippen LogP contribution in [0.3, 0.4) is 0 Å². The van der Waals surface area contributed by atoms with Crippen LogP contribution in [-0.4, -0.2) is 27.1 Å². The monoisotopic (exact) mass is 346 g/mol. The molecule has 0 radical (unpaired) electrons. The number of benzene rings is 2. The molecule has 2 aromatic carbocycles. The molecule has 0 saturated carbocycles. The highest BCUT2D eigenvalue weighted by Gasteiger charge is 2.20. The Morgan fingerprint density at radius 3 is 1.96 bits per heavy atom. The third-order valence-electron chi connectivity index (χ3n) is 3.62. The molecule has 128 valence electrons. The Balaban J connectivity index is 2.05. The molecular weight excluding hydrogens is 324 g/mol. The Morgan fingerprint density at radius 1 is 0.958 bits per heavy atom. The zero-order valence-electron chi connectivity index (χ0n) is 14.1. The smallest absolute Gasteiger partial charge is 0.241 e. The van der Waals surface area contributed by atoms with Crippen LogP contribution in [0.1, 0.15) is 16.7 Å². The standard InChI is InChI=1S/C18H22N2O3S/c1-14-4-8-16(9-5-14)12-19-18(21)13-20(24(3,22)23)17-10-6-15(2)7-11-17/h4-11H,12-13H2,1-3H3,(H,19,21). The van der Waals surface area contributed by atoms with Gasteiger partial charge in [0, 0.05) is 6.54 Å². The van der Waals surface area contributed by atoms with Gasteiger partial charge in [-0.2, -0.15) is 0 Å². The molecule has 5 nitrogen and oxygen atoms in total. The van der Waals surface area contributed by atoms with Crippen molar-refractivity contribution in [3.8, 4) is 0 Å². The predicted octanol–water partition coefficient (Wildman–Crippen LogP) is 2.39. The Labute approximate surface area is 143 Å². The van der Waals surface area contributed by atoms with Gasteiger partial charge in [-0.3, -0.25) is 9.10 Å². The first-order valence-electron chi connectivity index (χ1n) is 7.62. The molecule has 1 amide bonds. The predicted molar refractivity (Wildman–Crippen MR) is 96.4 cm³/mol. The minimum atomic E-state index is -3.54. The SMILES string of the molecule is Cc1ccc(CNC(=O)CN(c2ccc(C)cc2)S(C)(=O)=O)cc1. The summed E-state index contributed by atoms with van der Waals surface area (Å²) in [7, 11) is -3.54. The second-order valence-corrected chi connectivity index (χ2v) is 7.77. The molecule has 0 aliphatic carbocycles. The van der Waals surface area contributed by atoms with Gasteiger partial charge in [-0.15, -0.1) is 0 Å². The fraction of sp³-hybridized carbons (Fsp3) is 0.278. The van der Waals surface area contributed by atoms with Gasteiger partial charge < -0.3 is 5.32 Å². The highest BCUT2D eigenvalue weighted by atomic mass is 32.2. The number of nitrogens with one attached hydrogen (secondary N) is 1. The summed E-state index contributed by atoms with van der Waals surface area (Å²) in [5.41, 5.74) is 3.62. The topological polar surface area (TPSA) is 66.5 Å². The van der Waals surface area contributed by atoms with Crippen LogP contribution in [0.25, 0.3) is 0 Å². The number of sulfonamides is 1. The van der Waals surface area contributed by atoms with E-state index in [1.807, 2.05) is 50.2 Å². The minimum Gasteiger partial charge on any atom is -0.350 e. The van der Waals surface area contributed by atoms with Gasteiger partial charge in [0.2, 0.25) is 15.9 Å². The Hall–Kier alpha value is -2.34. The fourth-order valence-corrected chi connectivity index (χ4v) is 3.06. The number of aryl methyl sites for hydroxylation is 2. The third kappa shape index (κ3) is 5.09. The molecule has 1 N–H and O–H groups in total. The molecule has 0 aromatic heterocycles. The summed E-state index contributed by atoms with van der Waals surface area (Å²) in [4.78, 5) is 12.2. The van der Waals surface area contributed by atoms with Crippen LogP contribution < -0.4 is 9.62 Å². The van der Waals surface area contributed by atoms with Crippen LogP contribution in [0.15, 0.2) is 48.5 Å². The van der Waals surface area contributed by atoms with E-state index in [1.54, 1.807) is 12.1 Å². The van der Waals surface area contributed by atoms with Crippen LogP contribution in [0.2, 0.25) is 0 Å². The molecule has 0 atom stereocenters. The summed E-state index contributed by atoms with van der Waals surface area (Å²) >= 11 is 0. The molecule has 24 heavy (non-hydrogen) atoms. The fourth-order valence-electron chi connectivity index (χ4n) is 2.20. The first-order chi connectivity index (χ1) is 11.3. The number of rotatable bonds is 6. The summed E-state index contributed by atoms with van der Waals surface area (Å²) in [5.74, 6) is -0.346. The van der Waals surface area contributed by atoms with Gasteiger partial charge in [-0.05, 0) is 31.5 Å². The molecule has 2 aromatic rings. The van der Waals surface area contributed by atoms with Crippen molar-refractivity contribution in [2.24, 2.45) is 0 Å². The number of nitrogens with zero attached hydrogens (tertiary/aromatic N) is 1. The van der Waals surface area contributed by atoms with Gasteiger partial charge in [0.15, 0.2) is 0 Å². The van der Waals surface area contributed by atoms with Crippen LogP contribution in [0.5, 0.6) is 0 Å². The van der Waals surface area contributed by atoms with E-state index in [0.717, 1.165) is 27.3 Å². The summed E-state index contributed by atoms with van der Waals surface area (Å²) in [6.45, 7) is 4.04. The van der Waals surface area contributed by atoms with E-state index in [0.29, 0.717) is 12.2 Å². The first-order valence-corrected chi connectivity index (χ1v) is 9.47. The van der Waals surface area contributed by atoms with E-state index in [4.69, 9.17) is 0 Å². The van der Waals surface area contributed by atoms with Gasteiger partial charge in [0.05, 0.1) is 11.9 Å². The van der Waals surface area contributed by atoms with Crippen LogP contribution in [0.4, 0.5) is 5.69 Å². The van der Waals surface area contributed by atoms with E-state index < -0.39 is 10.0 Å². The lowest BCUT2D eigenvalue weighted by molar-refractivity contribution is -0.119. The van der Waals surface area contributed by atoms with Crippen molar-refractivity contribution in [2.75, 3.05) is 17.1 Å². The third-order valence-corrected chi connectivity index (χ3v) is 4.76. The molecule has 0 bridgehead atoms. The van der Waals surface area contributed by atoms with Crippen molar-refractivity contribution in [3.05, 3.63) is 65.2 Å². The van der Waals surface area contributed by atoms with Crippen LogP contribution >= 0.6 is 0 Å². The van der Waals surface area contributed by atoms with Crippen molar-refractivity contribution < 1.29 is 13.2 Å². The van der Waals surface area contributed by atoms with E-state index in [1.165, 1.54) is 0 Å². The summed E-state index contributed by atoms with van der Waals surface area (Å²) in [5, 5.41) is 2.76. The molecule has 0 aliphatic rings. The molecule has 0 spiro atoms. The Bertz CT molecular complexity index is 797. The van der Waals surface area contributed by atoms with E-state index in [-0.39, 0.29) is 12.5 Å². The normalized spacial score (nSPS) is 11.1. The average molecular weight is 346 g/mol. The highest BCUT2D eigenvalue weighted by Crippen LogP contribution is 2.17. The quantitative estimate of drug-likeness (QED) is 0.873. The average Bonchev–Trinajstić information content (AvgIpc) is 2.52. The van der Waals surface area contributed by atoms with Gasteiger partial charge in [0.25, 0.3) is 0 Å². The number of anilines is 1. The van der Waals surface area contributed by atoms with Gasteiger partial charge in [-0.1, -0.05) is 47.5 Å². The second-order valence-electron chi connectivity index (χ2n) is 5.87. The molecule has 0 unspecified atom stereocenters. The summed E-state index contributed by atoms with van der Waals surface area (Å²) < 4.78 is 25.1. The maximum absolute atomic E-state index is 12.2. The van der Waals surface area contributed by atoms with E-state index in [9.17, 15) is 13.2 Å². The first kappa shape index (κ1) is 18.0. The van der Waals surface area contributed by atoms with Crippen molar-refractivity contribution in [1.82, 2.24) is 5.32 Å². The zero-order valence-corrected chi connectivity index (χ0v) is 14.9. The molecule has 2 rings (SSSR count). The molecule has 0 heterocycles. The van der Waals surface area contributed by atoms with E-state index in [2.05, 4.69) is 5.32 Å². The zero-order chi connectivity index (χ0) is 17.7. The highest BCUT2D eigenvalue weighted by molar-refractivity contribution is 7.92. The van der Waals surface area contributed by atoms with Crippen molar-refractivity contribution in [2.45, 2.75) is 20.4 Å². The number of hydrogen-bond acceptors (Lipinski definition) is 3. The number of carbonyl (C=O) groups excluding carboxylic acids is 1. The lowest BCUT2D eigenvalue weighted by atomic mass is 10.1. The molecule has 0 saturated heterocycles. The largest absolute Gasteiger partial charge is 0.350 e. The van der Waals surface area contributed by atoms with Crippen molar-refractivity contribution in [3.63, 3.8) is 0 Å². The minimum absolute atomic E-state index is 0.242. The Kier molecular flexibility index (Phi) is 5.62. The molecule has 6 heteroatoms. The summed E-state index contributed by atoms with van der Waals surface area (Å²) in [6, 6.07) is 14.8. The molecule has 0 aliphatic heterocycles. The van der Waals surface area contributed by atoms with Crippen LogP contribution in [-0.2, 0) is 21.4 Å². The lowest BCUT2D eigenvalue weighted by Gasteiger charge is -2.22. The van der Waals surface area contributed by atoms with Crippen molar-refractivity contribution in [1.29, 1.82) is 0 Å². The summed E-state index contributed by atoms with van der Waals surface area (Å²) in [6.07, 6.45) is 1.10. The van der Waals surface area contributed by atoms with E-state index >= 15 is 0 Å². The maximum atomic E-state index is 12.2. The maximum Gasteiger partial charge on any atom is 0.241 e. The van der Waals surface area contributed by atoms with Gasteiger partial charge in [0.1, 0.15) is 6.54 Å². The van der Waals surface area contributed by atoms with Gasteiger partial charge >= 0.3 is 0 Å². The number of carbonyl (C=O) groups is 1. The number of amides is 1.